The first-order valence-electron chi connectivity index (χ1n) is 5.82. The number of aromatic nitrogens is 2. The second kappa shape index (κ2) is 6.54. The van der Waals surface area contributed by atoms with Crippen molar-refractivity contribution in [3.05, 3.63) is 5.82 Å². The maximum atomic E-state index is 11.4. The van der Waals surface area contributed by atoms with Crippen LogP contribution in [0.25, 0.3) is 0 Å². The number of anilines is 1. The van der Waals surface area contributed by atoms with Gasteiger partial charge in [0.2, 0.25) is 5.13 Å². The zero-order chi connectivity index (χ0) is 12.8. The monoisotopic (exact) mass is 257 g/mol. The predicted molar refractivity (Wildman–Crippen MR) is 68.5 cm³/mol. The van der Waals surface area contributed by atoms with Crippen molar-refractivity contribution in [2.45, 2.75) is 33.6 Å². The highest BCUT2D eigenvalue weighted by Crippen LogP contribution is 2.21. The summed E-state index contributed by atoms with van der Waals surface area (Å²) in [6, 6.07) is 0. The highest BCUT2D eigenvalue weighted by atomic mass is 32.1. The van der Waals surface area contributed by atoms with Crippen molar-refractivity contribution < 1.29 is 9.53 Å². The molecule has 0 N–H and O–H groups in total. The van der Waals surface area contributed by atoms with Gasteiger partial charge in [0.25, 0.3) is 0 Å². The highest BCUT2D eigenvalue weighted by molar-refractivity contribution is 7.09. The molecular weight excluding hydrogens is 238 g/mol. The molecule has 0 aromatic carbocycles. The molecule has 0 amide bonds. The van der Waals surface area contributed by atoms with Crippen LogP contribution >= 0.6 is 11.5 Å². The summed E-state index contributed by atoms with van der Waals surface area (Å²) in [5.41, 5.74) is 0. The van der Waals surface area contributed by atoms with Crippen LogP contribution in [0.3, 0.4) is 0 Å². The predicted octanol–water partition coefficient (Wildman–Crippen LogP) is 2.05. The van der Waals surface area contributed by atoms with Gasteiger partial charge in [-0.2, -0.15) is 4.37 Å². The van der Waals surface area contributed by atoms with Gasteiger partial charge in [0.15, 0.2) is 0 Å². The molecule has 0 aliphatic heterocycles. The Kier molecular flexibility index (Phi) is 5.34. The van der Waals surface area contributed by atoms with E-state index < -0.39 is 0 Å². The molecule has 0 aliphatic rings. The fraction of sp³-hybridized carbons (Fsp3) is 0.727. The van der Waals surface area contributed by atoms with E-state index in [2.05, 4.69) is 9.36 Å². The number of hydrogen-bond donors (Lipinski definition) is 0. The minimum Gasteiger partial charge on any atom is -0.465 e. The number of carbonyl (C=O) groups excluding carboxylic acids is 1. The first kappa shape index (κ1) is 13.9. The Hall–Kier alpha value is -1.17. The molecule has 0 fully saturated rings. The lowest BCUT2D eigenvalue weighted by molar-refractivity contribution is -0.141. The standard InChI is InChI=1S/C11H19N3O2S/c1-5-14(7-9(15)16-6-2)11-12-10(8(3)4)13-17-11/h8H,5-7H2,1-4H3. The number of ether oxygens (including phenoxy) is 1. The van der Waals surface area contributed by atoms with Crippen molar-refractivity contribution in [3.8, 4) is 0 Å². The molecule has 0 saturated carbocycles. The lowest BCUT2D eigenvalue weighted by Gasteiger charge is -2.17. The SMILES string of the molecule is CCOC(=O)CN(CC)c1nc(C(C)C)ns1. The van der Waals surface area contributed by atoms with Crippen molar-refractivity contribution in [1.29, 1.82) is 0 Å². The van der Waals surface area contributed by atoms with Crippen molar-refractivity contribution in [2.24, 2.45) is 0 Å². The molecule has 1 aromatic rings. The fourth-order valence-corrected chi connectivity index (χ4v) is 2.14. The van der Waals surface area contributed by atoms with Gasteiger partial charge < -0.3 is 9.64 Å². The van der Waals surface area contributed by atoms with E-state index in [9.17, 15) is 4.79 Å². The van der Waals surface area contributed by atoms with Gasteiger partial charge in [-0.3, -0.25) is 4.79 Å². The van der Waals surface area contributed by atoms with E-state index in [1.54, 1.807) is 6.92 Å². The maximum Gasteiger partial charge on any atom is 0.325 e. The Balaban J connectivity index is 2.68. The van der Waals surface area contributed by atoms with Crippen molar-refractivity contribution in [2.75, 3.05) is 24.6 Å². The average Bonchev–Trinajstić information content (AvgIpc) is 2.75. The van der Waals surface area contributed by atoms with E-state index in [1.165, 1.54) is 11.5 Å². The Morgan fingerprint density at radius 3 is 2.65 bits per heavy atom. The van der Waals surface area contributed by atoms with E-state index >= 15 is 0 Å². The van der Waals surface area contributed by atoms with E-state index in [-0.39, 0.29) is 12.5 Å². The number of carbonyl (C=O) groups is 1. The molecule has 6 heteroatoms. The van der Waals surface area contributed by atoms with E-state index in [1.807, 2.05) is 25.7 Å². The lowest BCUT2D eigenvalue weighted by Crippen LogP contribution is -2.30. The lowest BCUT2D eigenvalue weighted by atomic mass is 10.2. The largest absolute Gasteiger partial charge is 0.465 e. The van der Waals surface area contributed by atoms with Gasteiger partial charge >= 0.3 is 5.97 Å². The maximum absolute atomic E-state index is 11.4. The number of hydrogen-bond acceptors (Lipinski definition) is 6. The van der Waals surface area contributed by atoms with Gasteiger partial charge in [-0.15, -0.1) is 0 Å². The van der Waals surface area contributed by atoms with E-state index in [0.29, 0.717) is 19.1 Å². The summed E-state index contributed by atoms with van der Waals surface area (Å²) in [5.74, 6) is 0.907. The third kappa shape index (κ3) is 3.96. The minimum absolute atomic E-state index is 0.226. The van der Waals surface area contributed by atoms with Crippen LogP contribution in [0.1, 0.15) is 39.4 Å². The van der Waals surface area contributed by atoms with Gasteiger partial charge in [-0.1, -0.05) is 13.8 Å². The number of nitrogens with zero attached hydrogens (tertiary/aromatic N) is 3. The average molecular weight is 257 g/mol. The Morgan fingerprint density at radius 1 is 1.47 bits per heavy atom. The molecule has 96 valence electrons. The zero-order valence-electron chi connectivity index (χ0n) is 10.8. The van der Waals surface area contributed by atoms with Gasteiger partial charge in [0.05, 0.1) is 6.61 Å². The third-order valence-electron chi connectivity index (χ3n) is 2.22. The smallest absolute Gasteiger partial charge is 0.325 e. The summed E-state index contributed by atoms with van der Waals surface area (Å²) in [6.45, 7) is 9.24. The number of rotatable bonds is 6. The Morgan fingerprint density at radius 2 is 2.18 bits per heavy atom. The normalized spacial score (nSPS) is 10.6. The minimum atomic E-state index is -0.226. The Labute approximate surface area is 106 Å². The molecule has 0 atom stereocenters. The topological polar surface area (TPSA) is 55.3 Å². The highest BCUT2D eigenvalue weighted by Gasteiger charge is 2.16. The summed E-state index contributed by atoms with van der Waals surface area (Å²) in [5, 5.41) is 0.782. The first-order valence-corrected chi connectivity index (χ1v) is 6.60. The summed E-state index contributed by atoms with van der Waals surface area (Å²) in [6.07, 6.45) is 0. The van der Waals surface area contributed by atoms with Crippen LogP contribution in [0, 0.1) is 0 Å². The molecule has 0 radical (unpaired) electrons. The van der Waals surface area contributed by atoms with Crippen molar-refractivity contribution >= 4 is 22.6 Å². The summed E-state index contributed by atoms with van der Waals surface area (Å²) < 4.78 is 9.20. The van der Waals surface area contributed by atoms with Crippen LogP contribution in [0.4, 0.5) is 5.13 Å². The van der Waals surface area contributed by atoms with Crippen LogP contribution in [-0.4, -0.2) is 35.0 Å². The molecule has 1 rings (SSSR count). The summed E-state index contributed by atoms with van der Waals surface area (Å²) in [4.78, 5) is 17.7. The molecular formula is C11H19N3O2S. The molecule has 0 aliphatic carbocycles. The fourth-order valence-electron chi connectivity index (χ4n) is 1.27. The number of esters is 1. The van der Waals surface area contributed by atoms with Crippen LogP contribution in [0.15, 0.2) is 0 Å². The van der Waals surface area contributed by atoms with Crippen LogP contribution in [-0.2, 0) is 9.53 Å². The molecule has 0 spiro atoms. The molecule has 17 heavy (non-hydrogen) atoms. The van der Waals surface area contributed by atoms with Gasteiger partial charge in [0.1, 0.15) is 12.4 Å². The molecule has 5 nitrogen and oxygen atoms in total. The van der Waals surface area contributed by atoms with Gasteiger partial charge in [-0.25, -0.2) is 4.98 Å². The van der Waals surface area contributed by atoms with E-state index in [4.69, 9.17) is 4.74 Å². The number of likely N-dealkylation sites (N-methyl/N-ethyl adjacent to an activating group) is 1. The van der Waals surface area contributed by atoms with Gasteiger partial charge in [0, 0.05) is 24.0 Å². The third-order valence-corrected chi connectivity index (χ3v) is 3.02. The Bertz CT molecular complexity index is 365. The van der Waals surface area contributed by atoms with Crippen LogP contribution < -0.4 is 4.90 Å². The first-order chi connectivity index (χ1) is 8.08. The molecule has 0 saturated heterocycles. The van der Waals surface area contributed by atoms with Gasteiger partial charge in [-0.05, 0) is 13.8 Å². The molecule has 0 bridgehead atoms. The summed E-state index contributed by atoms with van der Waals surface area (Å²) >= 11 is 1.33. The van der Waals surface area contributed by atoms with Crippen LogP contribution in [0.2, 0.25) is 0 Å². The summed E-state index contributed by atoms with van der Waals surface area (Å²) in [7, 11) is 0. The second-order valence-corrected chi connectivity index (χ2v) is 4.64. The zero-order valence-corrected chi connectivity index (χ0v) is 11.6. The van der Waals surface area contributed by atoms with Crippen molar-refractivity contribution in [3.63, 3.8) is 0 Å². The van der Waals surface area contributed by atoms with Crippen LogP contribution in [0.5, 0.6) is 0 Å². The molecule has 0 unspecified atom stereocenters. The molecule has 1 aromatic heterocycles. The van der Waals surface area contributed by atoms with E-state index in [0.717, 1.165) is 11.0 Å². The molecule has 1 heterocycles. The second-order valence-electron chi connectivity index (χ2n) is 3.91. The van der Waals surface area contributed by atoms with Crippen molar-refractivity contribution in [1.82, 2.24) is 9.36 Å². The quantitative estimate of drug-likeness (QED) is 0.730.